The van der Waals surface area contributed by atoms with Crippen LogP contribution in [0.1, 0.15) is 122 Å². The summed E-state index contributed by atoms with van der Waals surface area (Å²) in [4.78, 5) is 118. The zero-order valence-electron chi connectivity index (χ0n) is 67.2. The largest absolute Gasteiger partial charge is 0.508 e. The van der Waals surface area contributed by atoms with Crippen LogP contribution >= 0.6 is 23.2 Å². The van der Waals surface area contributed by atoms with Gasteiger partial charge in [-0.15, -0.1) is 0 Å². The molecule has 8 aromatic carbocycles. The zero-order valence-corrected chi connectivity index (χ0v) is 68.7. The van der Waals surface area contributed by atoms with Crippen LogP contribution in [-0.4, -0.2) is 191 Å². The number of carbonyl (C=O) groups is 8. The van der Waals surface area contributed by atoms with Crippen LogP contribution in [0.4, 0.5) is 0 Å². The number of carboxylic acids is 1. The van der Waals surface area contributed by atoms with Crippen LogP contribution in [0.3, 0.4) is 0 Å². The van der Waals surface area contributed by atoms with Crippen molar-refractivity contribution in [3.05, 3.63) is 212 Å². The van der Waals surface area contributed by atoms with Crippen molar-refractivity contribution in [3.63, 3.8) is 0 Å². The molecule has 7 heterocycles. The van der Waals surface area contributed by atoms with Gasteiger partial charge in [-0.2, -0.15) is 0 Å². The molecule has 37 heteroatoms. The highest BCUT2D eigenvalue weighted by Gasteiger charge is 2.52. The highest BCUT2D eigenvalue weighted by atomic mass is 35.5. The molecule has 0 aromatic heterocycles. The van der Waals surface area contributed by atoms with Gasteiger partial charge in [0.2, 0.25) is 53.4 Å². The lowest BCUT2D eigenvalue weighted by molar-refractivity contribution is -0.334. The smallest absolute Gasteiger partial charge is 0.330 e. The predicted molar refractivity (Wildman–Crippen MR) is 440 cm³/mol. The number of carboxylic acid groups (broad SMARTS) is 1. The Kier molecular flexibility index (Phi) is 27.8. The minimum atomic E-state index is -2.38. The number of primary amides is 1. The highest BCUT2D eigenvalue weighted by molar-refractivity contribution is 6.32. The van der Waals surface area contributed by atoms with E-state index < -0.39 is 237 Å². The third-order valence-electron chi connectivity index (χ3n) is 21.9. The summed E-state index contributed by atoms with van der Waals surface area (Å²) in [5, 5.41) is 137. The van der Waals surface area contributed by atoms with Gasteiger partial charge < -0.3 is 137 Å². The summed E-state index contributed by atoms with van der Waals surface area (Å²) in [5.41, 5.74) is 4.07. The number of hydrogen-bond donors (Lipinski definition) is 19. The first-order valence-electron chi connectivity index (χ1n) is 39.5. The summed E-state index contributed by atoms with van der Waals surface area (Å²) in [7, 11) is 1.48. The summed E-state index contributed by atoms with van der Waals surface area (Å²) in [6.45, 7) is 6.42. The van der Waals surface area contributed by atoms with E-state index in [4.69, 9.17) is 66.8 Å². The number of carbonyl (C=O) groups excluding carboxylic acids is 7. The number of hydrogen-bond acceptors (Lipinski definition) is 27. The standard InChI is InChI=1S/C87H93Cl2N9O26/c1-39(2)24-53(91-5)79(109)97-70-72(104)45-18-22-57(51(88)27-45)120-61-29-47-30-62(76(61)124-86-77(75(107)74(106)63(36-99)122-86)123-65-34-87(4,78(108)40(3)119-65)92-35-43-16-21-59(117-37-41-12-8-6-9-13-41)60(25-43)118-38-42-14-10-7-11-15-42)121-58-23-19-46(28-52(58)89)73(105)71-84(114)96-69(85(115)116)50-31-48(100)32-56(102)66(50)49-26-44(17-20-55(49)101)67(81(111)98-71)95-82(112)68(47)94-80(110)54(33-64(90)103)93-83(70)113/h6-23,25-32,39-40,53-54,63,65,67-75,77-78,86,91-92,99-102,104-108H,24,33-38H2,1-5H3,(H2,90,103)(H,93,113)(H,94,110)(H,95,112)(H,96,114)(H,97,109)(H,98,111)(H,115,116)/t40-,53+,54-,63+,65-,67+,68+,69-,70+,71-,72+,73+,74+,75-,77+,78+,86-,87-/m0/s1. The van der Waals surface area contributed by atoms with Gasteiger partial charge in [0.15, 0.2) is 41.4 Å². The molecule has 11 bridgehead atoms. The van der Waals surface area contributed by atoms with Crippen molar-refractivity contribution in [2.24, 2.45) is 11.7 Å². The predicted octanol–water partition coefficient (Wildman–Crippen LogP) is 5.10. The number of amides is 7. The molecule has 0 saturated carbocycles. The minimum absolute atomic E-state index is 0.0930. The van der Waals surface area contributed by atoms with Crippen LogP contribution < -0.4 is 72.0 Å². The number of nitrogens with two attached hydrogens (primary N) is 1. The third kappa shape index (κ3) is 20.1. The Hall–Kier alpha value is -11.9. The molecule has 35 nitrogen and oxygen atoms in total. The van der Waals surface area contributed by atoms with Gasteiger partial charge in [0.1, 0.15) is 103 Å². The molecule has 7 aliphatic rings. The van der Waals surface area contributed by atoms with Gasteiger partial charge in [-0.3, -0.25) is 33.6 Å². The van der Waals surface area contributed by atoms with Gasteiger partial charge >= 0.3 is 5.97 Å². The molecule has 8 aromatic rings. The molecule has 2 fully saturated rings. The average molecular weight is 1750 g/mol. The number of rotatable bonds is 22. The number of ether oxygens (including phenoxy) is 8. The van der Waals surface area contributed by atoms with E-state index in [0.29, 0.717) is 17.1 Å². The Labute approximate surface area is 719 Å². The van der Waals surface area contributed by atoms with E-state index in [1.807, 2.05) is 80.6 Å². The maximum absolute atomic E-state index is 16.3. The molecule has 20 N–H and O–H groups in total. The van der Waals surface area contributed by atoms with Gasteiger partial charge in [-0.1, -0.05) is 122 Å². The molecular weight excluding hydrogens is 1660 g/mol. The van der Waals surface area contributed by atoms with E-state index in [-0.39, 0.29) is 66.0 Å². The summed E-state index contributed by atoms with van der Waals surface area (Å²) in [6, 6.07) is 23.7. The highest BCUT2D eigenvalue weighted by Crippen LogP contribution is 2.50. The number of nitrogens with one attached hydrogen (secondary N) is 8. The molecule has 7 aliphatic heterocycles. The number of phenolic OH excluding ortho intramolecular Hbond substituents is 3. The van der Waals surface area contributed by atoms with Crippen LogP contribution in [-0.2, 0) is 72.3 Å². The van der Waals surface area contributed by atoms with Crippen LogP contribution in [0, 0.1) is 5.92 Å². The van der Waals surface area contributed by atoms with Crippen molar-refractivity contribution in [2.45, 2.75) is 176 Å². The maximum Gasteiger partial charge on any atom is 0.330 e. The number of aliphatic hydroxyl groups excluding tert-OH is 6. The van der Waals surface area contributed by atoms with Crippen molar-refractivity contribution in [1.29, 1.82) is 0 Å². The van der Waals surface area contributed by atoms with E-state index in [1.165, 1.54) is 19.2 Å². The molecule has 0 unspecified atom stereocenters. The Morgan fingerprint density at radius 2 is 1.23 bits per heavy atom. The fourth-order valence-electron chi connectivity index (χ4n) is 15.3. The second kappa shape index (κ2) is 38.4. The summed E-state index contributed by atoms with van der Waals surface area (Å²) in [5.74, 6) is -15.3. The van der Waals surface area contributed by atoms with E-state index >= 15 is 24.0 Å². The monoisotopic (exact) mass is 1750 g/mol. The van der Waals surface area contributed by atoms with Crippen LogP contribution in [0.2, 0.25) is 10.0 Å². The fraction of sp³-hybridized carbons (Fsp3) is 0.356. The SMILES string of the molecule is CN[C@H](CC(C)C)C(=O)N[C@H]1C(=O)N[C@@H](CC(N)=O)C(=O)N[C@H]2C(=O)N[C@H]3C(=O)N[C@H](C(=O)N[C@H](C(=O)O)c4cc(O)cc(O)c4-c4cc3ccc4O)[C@H](O)c3ccc(c(Cl)c3)Oc3cc2cc(c3O[C@@H]2O[C@H](CO)[C@@H](O)[C@H](O)[C@H]2O[C@H]2C[C@](C)(NCc3ccc(OCc4ccccc4)c(OCc4ccccc4)c3)[C@H](O)[C@H](C)O2)Oc2ccc(cc2Cl)[C@H]1O. The van der Waals surface area contributed by atoms with Crippen LogP contribution in [0.15, 0.2) is 158 Å². The van der Waals surface area contributed by atoms with E-state index in [2.05, 4.69) is 42.5 Å². The van der Waals surface area contributed by atoms with E-state index in [9.17, 15) is 65.4 Å². The normalized spacial score (nSPS) is 26.0. The second-order valence-electron chi connectivity index (χ2n) is 31.3. The summed E-state index contributed by atoms with van der Waals surface area (Å²) in [6.07, 6.45) is -19.0. The summed E-state index contributed by atoms with van der Waals surface area (Å²) < 4.78 is 52.4. The molecule has 0 spiro atoms. The molecule has 2 saturated heterocycles. The lowest BCUT2D eigenvalue weighted by Gasteiger charge is -2.48. The van der Waals surface area contributed by atoms with Gasteiger partial charge in [0.05, 0.1) is 41.3 Å². The van der Waals surface area contributed by atoms with Gasteiger partial charge in [0.25, 0.3) is 0 Å². The Balaban J connectivity index is 0.954. The van der Waals surface area contributed by atoms with E-state index in [1.54, 1.807) is 26.0 Å². The first-order chi connectivity index (χ1) is 59.2. The Bertz CT molecular complexity index is 5330. The number of fused-ring (bicyclic) bond motifs is 15. The number of benzene rings is 8. The molecule has 0 radical (unpaired) electrons. The van der Waals surface area contributed by atoms with Crippen LogP contribution in [0.5, 0.6) is 57.5 Å². The van der Waals surface area contributed by atoms with Crippen molar-refractivity contribution in [1.82, 2.24) is 42.5 Å². The minimum Gasteiger partial charge on any atom is -0.508 e. The molecule has 124 heavy (non-hydrogen) atoms. The Morgan fingerprint density at radius 1 is 0.629 bits per heavy atom. The number of phenols is 3. The first-order valence-corrected chi connectivity index (χ1v) is 40.3. The number of aliphatic hydroxyl groups is 6. The van der Waals surface area contributed by atoms with Gasteiger partial charge in [-0.05, 0) is 139 Å². The molecule has 15 rings (SSSR count). The number of likely N-dealkylation sites (N-methyl/N-ethyl adjacent to an activating group) is 1. The van der Waals surface area contributed by atoms with Gasteiger partial charge in [-0.25, -0.2) is 4.79 Å². The fourth-order valence-corrected chi connectivity index (χ4v) is 15.8. The quantitative estimate of drug-likeness (QED) is 0.0420. The van der Waals surface area contributed by atoms with Crippen LogP contribution in [0.25, 0.3) is 11.1 Å². The van der Waals surface area contributed by atoms with Gasteiger partial charge in [0, 0.05) is 41.3 Å². The molecular formula is C87H93Cl2N9O26. The van der Waals surface area contributed by atoms with Crippen molar-refractivity contribution in [2.75, 3.05) is 13.7 Å². The third-order valence-corrected chi connectivity index (χ3v) is 22.5. The molecule has 7 amide bonds. The van der Waals surface area contributed by atoms with E-state index in [0.717, 1.165) is 77.9 Å². The number of aliphatic carboxylic acids is 1. The second-order valence-corrected chi connectivity index (χ2v) is 32.1. The van der Waals surface area contributed by atoms with Crippen molar-refractivity contribution >= 4 is 70.5 Å². The number of halogens is 2. The molecule has 0 aliphatic carbocycles. The molecule has 656 valence electrons. The maximum atomic E-state index is 16.3. The lowest BCUT2D eigenvalue weighted by Crippen LogP contribution is -2.65. The zero-order chi connectivity index (χ0) is 88.9. The topological polar surface area (TPSA) is 535 Å². The molecule has 18 atom stereocenters. The van der Waals surface area contributed by atoms with Crippen molar-refractivity contribution in [3.8, 4) is 68.6 Å². The average Bonchev–Trinajstić information content (AvgIpc) is 0.765. The lowest BCUT2D eigenvalue weighted by atomic mass is 9.84. The van der Waals surface area contributed by atoms with Crippen molar-refractivity contribution < 1.29 is 127 Å². The Morgan fingerprint density at radius 3 is 1.84 bits per heavy atom. The first kappa shape index (κ1) is 89.8. The summed E-state index contributed by atoms with van der Waals surface area (Å²) >= 11 is 14.4. The number of aromatic hydroxyl groups is 3.